The first-order chi connectivity index (χ1) is 33.9. The lowest BCUT2D eigenvalue weighted by molar-refractivity contribution is -0.870. The van der Waals surface area contributed by atoms with Gasteiger partial charge >= 0.3 is 13.8 Å². The number of amides is 1. The lowest BCUT2D eigenvalue weighted by atomic mass is 10.0. The summed E-state index contributed by atoms with van der Waals surface area (Å²) in [5.74, 6) is -0.534. The van der Waals surface area contributed by atoms with Crippen LogP contribution in [0.3, 0.4) is 0 Å². The summed E-state index contributed by atoms with van der Waals surface area (Å²) in [6, 6.07) is -0.859. The van der Waals surface area contributed by atoms with Gasteiger partial charge in [-0.25, -0.2) is 4.57 Å². The molecular weight excluding hydrogens is 892 g/mol. The third-order valence-electron chi connectivity index (χ3n) is 12.7. The molecule has 0 bridgehead atoms. The van der Waals surface area contributed by atoms with Crippen LogP contribution in [-0.2, 0) is 27.9 Å². The summed E-state index contributed by atoms with van der Waals surface area (Å²) in [5, 5.41) is 3.04. The highest BCUT2D eigenvalue weighted by Gasteiger charge is 2.30. The van der Waals surface area contributed by atoms with Gasteiger partial charge in [0, 0.05) is 12.8 Å². The number of hydrogen-bond donors (Lipinski definition) is 2. The summed E-state index contributed by atoms with van der Waals surface area (Å²) in [4.78, 5) is 37.6. The molecule has 1 amide bonds. The maximum atomic E-state index is 13.5. The fraction of sp³-hybridized carbons (Fsp3) is 0.800. The van der Waals surface area contributed by atoms with E-state index in [2.05, 4.69) is 74.7 Å². The molecule has 2 N–H and O–H groups in total. The zero-order chi connectivity index (χ0) is 51.5. The average molecular weight is 1000 g/mol. The monoisotopic (exact) mass is 1000 g/mol. The molecule has 0 aromatic heterocycles. The van der Waals surface area contributed by atoms with Crippen LogP contribution in [0.15, 0.2) is 60.8 Å². The van der Waals surface area contributed by atoms with Crippen LogP contribution < -0.4 is 5.32 Å². The van der Waals surface area contributed by atoms with Crippen molar-refractivity contribution < 1.29 is 37.3 Å². The Kier molecular flexibility index (Phi) is 48.6. The molecule has 408 valence electrons. The van der Waals surface area contributed by atoms with Crippen molar-refractivity contribution in [3.05, 3.63) is 60.8 Å². The molecule has 9 nitrogen and oxygen atoms in total. The zero-order valence-electron chi connectivity index (χ0n) is 46.5. The molecule has 0 fully saturated rings. The fourth-order valence-corrected chi connectivity index (χ4v) is 8.85. The number of phosphoric acid groups is 1. The third kappa shape index (κ3) is 50.6. The first-order valence-electron chi connectivity index (χ1n) is 29.1. The number of carbonyl (C=O) groups excluding carboxylic acids is 2. The Bertz CT molecular complexity index is 1390. The fourth-order valence-electron chi connectivity index (χ4n) is 8.12. The smallest absolute Gasteiger partial charge is 0.456 e. The second kappa shape index (κ2) is 50.3. The van der Waals surface area contributed by atoms with Crippen molar-refractivity contribution in [2.45, 2.75) is 270 Å². The van der Waals surface area contributed by atoms with E-state index < -0.39 is 20.0 Å². The summed E-state index contributed by atoms with van der Waals surface area (Å²) in [6.07, 6.45) is 62.0. The summed E-state index contributed by atoms with van der Waals surface area (Å²) in [5.41, 5.74) is 0. The van der Waals surface area contributed by atoms with Gasteiger partial charge in [0.15, 0.2) is 0 Å². The number of hydrogen-bond acceptors (Lipinski definition) is 6. The Morgan fingerprint density at radius 2 is 0.871 bits per heavy atom. The molecule has 0 aromatic carbocycles. The van der Waals surface area contributed by atoms with Gasteiger partial charge < -0.3 is 19.4 Å². The maximum absolute atomic E-state index is 13.5. The molecule has 0 aliphatic carbocycles. The highest BCUT2D eigenvalue weighted by atomic mass is 31.2. The zero-order valence-corrected chi connectivity index (χ0v) is 47.4. The molecule has 0 aromatic rings. The van der Waals surface area contributed by atoms with Gasteiger partial charge in [0.2, 0.25) is 5.91 Å². The topological polar surface area (TPSA) is 111 Å². The van der Waals surface area contributed by atoms with Crippen molar-refractivity contribution in [3.8, 4) is 0 Å². The second-order valence-electron chi connectivity index (χ2n) is 20.8. The van der Waals surface area contributed by atoms with Crippen molar-refractivity contribution in [1.82, 2.24) is 5.32 Å². The molecular formula is C60H112N2O7P+. The standard InChI is InChI=1S/C60H111N2O7P/c1-7-10-13-16-19-22-25-28-30-31-33-35-38-41-44-47-50-53-60(64)69-58(51-48-45-42-39-36-27-24-21-18-15-12-9-3)57(56-68-70(65,66)67-55-54-62(4,5)6)61-59(63)52-49-46-43-40-37-34-32-29-26-23-20-17-14-11-8-2/h19,22-23,26,28,30,33,35,48,51,57-58H,7-18,20-21,24-25,27,29,31-32,34,36-47,49-50,52-56H2,1-6H3,(H-,61,63,65,66)/p+1/b22-19-,26-23-,30-28-,35-33-,51-48+. The van der Waals surface area contributed by atoms with Crippen molar-refractivity contribution >= 4 is 19.7 Å². The van der Waals surface area contributed by atoms with E-state index in [0.29, 0.717) is 23.9 Å². The first kappa shape index (κ1) is 67.7. The largest absolute Gasteiger partial charge is 0.472 e. The van der Waals surface area contributed by atoms with E-state index >= 15 is 0 Å². The van der Waals surface area contributed by atoms with Crippen LogP contribution in [0.1, 0.15) is 258 Å². The van der Waals surface area contributed by atoms with Gasteiger partial charge in [0.25, 0.3) is 0 Å². The molecule has 0 aliphatic rings. The minimum Gasteiger partial charge on any atom is -0.456 e. The Hall–Kier alpha value is -2.29. The van der Waals surface area contributed by atoms with E-state index in [9.17, 15) is 19.0 Å². The van der Waals surface area contributed by atoms with Crippen LogP contribution in [0.25, 0.3) is 0 Å². The highest BCUT2D eigenvalue weighted by molar-refractivity contribution is 7.47. The van der Waals surface area contributed by atoms with Gasteiger partial charge in [-0.05, 0) is 96.0 Å². The van der Waals surface area contributed by atoms with Crippen LogP contribution in [0, 0.1) is 0 Å². The molecule has 3 atom stereocenters. The van der Waals surface area contributed by atoms with Gasteiger partial charge in [-0.1, -0.05) is 210 Å². The van der Waals surface area contributed by atoms with Crippen LogP contribution in [-0.4, -0.2) is 74.3 Å². The number of rotatable bonds is 52. The number of ether oxygens (including phenoxy) is 1. The van der Waals surface area contributed by atoms with Gasteiger partial charge in [-0.2, -0.15) is 0 Å². The van der Waals surface area contributed by atoms with Crippen LogP contribution in [0.5, 0.6) is 0 Å². The molecule has 0 saturated heterocycles. The van der Waals surface area contributed by atoms with Crippen LogP contribution in [0.2, 0.25) is 0 Å². The van der Waals surface area contributed by atoms with Gasteiger partial charge in [0.1, 0.15) is 19.3 Å². The first-order valence-corrected chi connectivity index (χ1v) is 30.6. The number of nitrogens with zero attached hydrogens (tertiary/aromatic N) is 1. The molecule has 0 aliphatic heterocycles. The second-order valence-corrected chi connectivity index (χ2v) is 22.3. The van der Waals surface area contributed by atoms with E-state index in [0.717, 1.165) is 89.9 Å². The predicted molar refractivity (Wildman–Crippen MR) is 300 cm³/mol. The van der Waals surface area contributed by atoms with Gasteiger partial charge in [0.05, 0.1) is 33.8 Å². The lowest BCUT2D eigenvalue weighted by Crippen LogP contribution is -2.47. The van der Waals surface area contributed by atoms with Gasteiger partial charge in [-0.15, -0.1) is 0 Å². The van der Waals surface area contributed by atoms with Crippen LogP contribution >= 0.6 is 7.82 Å². The Morgan fingerprint density at radius 3 is 1.36 bits per heavy atom. The van der Waals surface area contributed by atoms with Crippen molar-refractivity contribution in [2.24, 2.45) is 0 Å². The molecule has 10 heteroatoms. The summed E-state index contributed by atoms with van der Waals surface area (Å²) in [6.45, 7) is 6.95. The Balaban J connectivity index is 5.39. The van der Waals surface area contributed by atoms with E-state index in [4.69, 9.17) is 13.8 Å². The third-order valence-corrected chi connectivity index (χ3v) is 13.7. The number of nitrogens with one attached hydrogen (secondary N) is 1. The summed E-state index contributed by atoms with van der Waals surface area (Å²) < 4.78 is 30.6. The number of esters is 1. The average Bonchev–Trinajstić information content (AvgIpc) is 3.32. The number of carbonyl (C=O) groups is 2. The quantitative estimate of drug-likeness (QED) is 0.0205. The van der Waals surface area contributed by atoms with E-state index in [1.54, 1.807) is 0 Å². The van der Waals surface area contributed by atoms with Crippen molar-refractivity contribution in [2.75, 3.05) is 40.9 Å². The predicted octanol–water partition coefficient (Wildman–Crippen LogP) is 17.5. The lowest BCUT2D eigenvalue weighted by Gasteiger charge is -2.27. The number of quaternary nitrogens is 1. The van der Waals surface area contributed by atoms with E-state index in [1.807, 2.05) is 33.3 Å². The van der Waals surface area contributed by atoms with Crippen molar-refractivity contribution in [3.63, 3.8) is 0 Å². The number of phosphoric ester groups is 1. The molecule has 0 heterocycles. The van der Waals surface area contributed by atoms with Gasteiger partial charge in [-0.3, -0.25) is 18.6 Å². The van der Waals surface area contributed by atoms with Crippen LogP contribution in [0.4, 0.5) is 0 Å². The Morgan fingerprint density at radius 1 is 0.500 bits per heavy atom. The summed E-state index contributed by atoms with van der Waals surface area (Å²) in [7, 11) is 1.48. The van der Waals surface area contributed by atoms with E-state index in [-0.39, 0.29) is 31.5 Å². The number of unbranched alkanes of at least 4 members (excludes halogenated alkanes) is 28. The van der Waals surface area contributed by atoms with Crippen molar-refractivity contribution in [1.29, 1.82) is 0 Å². The number of likely N-dealkylation sites (N-methyl/N-ethyl adjacent to an activating group) is 1. The highest BCUT2D eigenvalue weighted by Crippen LogP contribution is 2.43. The normalized spacial score (nSPS) is 14.2. The molecule has 0 spiro atoms. The molecule has 70 heavy (non-hydrogen) atoms. The molecule has 0 saturated carbocycles. The van der Waals surface area contributed by atoms with E-state index in [1.165, 1.54) is 128 Å². The molecule has 0 rings (SSSR count). The Labute approximate surface area is 432 Å². The maximum Gasteiger partial charge on any atom is 0.472 e. The molecule has 3 unspecified atom stereocenters. The minimum absolute atomic E-state index is 0.0344. The number of allylic oxidation sites excluding steroid dienone is 9. The minimum atomic E-state index is -4.45. The summed E-state index contributed by atoms with van der Waals surface area (Å²) >= 11 is 0. The molecule has 0 radical (unpaired) electrons. The SMILES string of the molecule is CCCCC/C=C\C/C=C\C/C=C\CCCCCCC(=O)OC(/C=C/CCCCCCCCCCCC)C(COP(=O)(O)OCC[N+](C)(C)C)NC(=O)CCCCCCCCC/C=C\CCCCCC.